The molecule has 50 valence electrons. The molecule has 5 heteroatoms. The molecular formula is C5H5LiO4. The fourth-order valence-electron chi connectivity index (χ4n) is 0.246. The number of hydrogen-bond acceptors (Lipinski definition) is 4. The van der Waals surface area contributed by atoms with Crippen molar-refractivity contribution in [2.45, 2.75) is 6.42 Å². The predicted octanol–water partition coefficient (Wildman–Crippen LogP) is -5.45. The van der Waals surface area contributed by atoms with Crippen LogP contribution in [0.25, 0.3) is 0 Å². The van der Waals surface area contributed by atoms with E-state index < -0.39 is 23.9 Å². The summed E-state index contributed by atoms with van der Waals surface area (Å²) in [5.74, 6) is -3.02. The summed E-state index contributed by atoms with van der Waals surface area (Å²) in [6, 6.07) is 0. The third-order valence-corrected chi connectivity index (χ3v) is 0.646. The molecular weight excluding hydrogens is 131 g/mol. The molecule has 0 aliphatic heterocycles. The van der Waals surface area contributed by atoms with Crippen molar-refractivity contribution in [3.8, 4) is 0 Å². The Morgan fingerprint density at radius 1 is 1.40 bits per heavy atom. The summed E-state index contributed by atoms with van der Waals surface area (Å²) in [4.78, 5) is 19.4. The molecule has 0 rings (SSSR count). The van der Waals surface area contributed by atoms with Crippen molar-refractivity contribution in [1.82, 2.24) is 0 Å². The maximum atomic E-state index is 9.73. The third-order valence-electron chi connectivity index (χ3n) is 0.646. The molecule has 0 atom stereocenters. The van der Waals surface area contributed by atoms with Crippen LogP contribution in [0.1, 0.15) is 7.85 Å². The maximum Gasteiger partial charge on any atom is 1.00 e. The van der Waals surface area contributed by atoms with Crippen molar-refractivity contribution in [1.29, 1.82) is 0 Å². The summed E-state index contributed by atoms with van der Waals surface area (Å²) in [6.07, 6.45) is -0.678. The Balaban J connectivity index is -0.000000320. The molecule has 0 heterocycles. The molecule has 0 fully saturated rings. The summed E-state index contributed by atoms with van der Waals surface area (Å²) in [5, 5.41) is 19.4. The molecule has 0 aromatic heterocycles. The standard InChI is InChI=1S/C5H6O4.Li/c1-3(5(8)9)2-4(6)7;/h1-2H2,(H,6,7)(H,8,9);/q;+1/p-1. The van der Waals surface area contributed by atoms with Gasteiger partial charge in [-0.15, -0.1) is 0 Å². The molecule has 0 saturated carbocycles. The van der Waals surface area contributed by atoms with E-state index in [1.165, 1.54) is 0 Å². The zero-order valence-corrected chi connectivity index (χ0v) is 5.55. The van der Waals surface area contributed by atoms with Crippen molar-refractivity contribution in [2.75, 3.05) is 0 Å². The molecule has 0 unspecified atom stereocenters. The fourth-order valence-corrected chi connectivity index (χ4v) is 0.246. The largest absolute Gasteiger partial charge is 1.00 e. The Morgan fingerprint density at radius 2 is 1.80 bits per heavy atom. The second-order valence-corrected chi connectivity index (χ2v) is 1.44. The van der Waals surface area contributed by atoms with Gasteiger partial charge in [-0.3, -0.25) is 0 Å². The smallest absolute Gasteiger partial charge is 0.550 e. The quantitative estimate of drug-likeness (QED) is 0.286. The Kier molecular flexibility index (Phi) is 6.11. The van der Waals surface area contributed by atoms with E-state index in [2.05, 4.69) is 6.58 Å². The molecule has 0 radical (unpaired) electrons. The van der Waals surface area contributed by atoms with Crippen LogP contribution in [0.15, 0.2) is 12.2 Å². The first-order valence-electron chi connectivity index (χ1n) is 2.13. The van der Waals surface area contributed by atoms with Gasteiger partial charge in [-0.25, -0.2) is 0 Å². The molecule has 4 nitrogen and oxygen atoms in total. The number of carboxylic acids is 2. The van der Waals surface area contributed by atoms with Gasteiger partial charge in [0.15, 0.2) is 0 Å². The SMILES string of the molecule is C=C(CC(=O)[O-])C(=O)[O-].[H+].[Li+]. The Hall–Kier alpha value is -0.723. The molecule has 10 heavy (non-hydrogen) atoms. The van der Waals surface area contributed by atoms with E-state index in [0.717, 1.165) is 0 Å². The number of hydrogen-bond donors (Lipinski definition) is 0. The van der Waals surface area contributed by atoms with Gasteiger partial charge in [0, 0.05) is 12.4 Å². The maximum absolute atomic E-state index is 9.73. The van der Waals surface area contributed by atoms with E-state index in [1.807, 2.05) is 0 Å². The van der Waals surface area contributed by atoms with Gasteiger partial charge in [0.05, 0.1) is 5.97 Å². The van der Waals surface area contributed by atoms with Crippen LogP contribution in [0, 0.1) is 0 Å². The van der Waals surface area contributed by atoms with Crippen LogP contribution in [0.5, 0.6) is 0 Å². The fraction of sp³-hybridized carbons (Fsp3) is 0.200. The van der Waals surface area contributed by atoms with E-state index in [-0.39, 0.29) is 20.3 Å². The normalized spacial score (nSPS) is 7.60. The number of aliphatic carboxylic acids is 2. The number of rotatable bonds is 3. The summed E-state index contributed by atoms with van der Waals surface area (Å²) in [7, 11) is 0. The van der Waals surface area contributed by atoms with E-state index in [4.69, 9.17) is 0 Å². The van der Waals surface area contributed by atoms with Crippen LogP contribution in [0.3, 0.4) is 0 Å². The van der Waals surface area contributed by atoms with Crippen LogP contribution in [-0.4, -0.2) is 11.9 Å². The molecule has 0 saturated heterocycles. The van der Waals surface area contributed by atoms with Crippen molar-refractivity contribution < 1.29 is 40.1 Å². The first-order chi connectivity index (χ1) is 4.04. The molecule has 0 aliphatic carbocycles. The Morgan fingerprint density at radius 3 is 1.90 bits per heavy atom. The van der Waals surface area contributed by atoms with E-state index >= 15 is 0 Å². The Bertz CT molecular complexity index is 168. The van der Waals surface area contributed by atoms with Crippen molar-refractivity contribution in [3.63, 3.8) is 0 Å². The van der Waals surface area contributed by atoms with Crippen molar-refractivity contribution >= 4 is 11.9 Å². The summed E-state index contributed by atoms with van der Waals surface area (Å²) in [6.45, 7) is 2.91. The second-order valence-electron chi connectivity index (χ2n) is 1.44. The minimum atomic E-state index is -1.56. The summed E-state index contributed by atoms with van der Waals surface area (Å²) < 4.78 is 0. The van der Waals surface area contributed by atoms with Crippen LogP contribution >= 0.6 is 0 Å². The summed E-state index contributed by atoms with van der Waals surface area (Å²) in [5.41, 5.74) is -0.477. The zero-order valence-electron chi connectivity index (χ0n) is 6.55. The first kappa shape index (κ1) is 12.0. The van der Waals surface area contributed by atoms with Gasteiger partial charge in [0.2, 0.25) is 0 Å². The van der Waals surface area contributed by atoms with Gasteiger partial charge < -0.3 is 19.8 Å². The third kappa shape index (κ3) is 5.41. The molecule has 0 aromatic carbocycles. The van der Waals surface area contributed by atoms with E-state index in [9.17, 15) is 19.8 Å². The predicted molar refractivity (Wildman–Crippen MR) is 24.9 cm³/mol. The average Bonchev–Trinajstić information content (AvgIpc) is 1.63. The van der Waals surface area contributed by atoms with Gasteiger partial charge >= 0.3 is 20.3 Å². The van der Waals surface area contributed by atoms with Gasteiger partial charge in [-0.05, 0) is 5.57 Å². The van der Waals surface area contributed by atoms with Gasteiger partial charge in [-0.1, -0.05) is 6.58 Å². The average molecular weight is 136 g/mol. The molecule has 0 amide bonds. The van der Waals surface area contributed by atoms with E-state index in [0.29, 0.717) is 0 Å². The topological polar surface area (TPSA) is 80.3 Å². The molecule has 0 bridgehead atoms. The zero-order chi connectivity index (χ0) is 7.44. The number of carbonyl (C=O) groups excluding carboxylic acids is 2. The van der Waals surface area contributed by atoms with Gasteiger partial charge in [-0.2, -0.15) is 0 Å². The minimum Gasteiger partial charge on any atom is -0.550 e. The first-order valence-corrected chi connectivity index (χ1v) is 2.13. The minimum absolute atomic E-state index is 0. The van der Waals surface area contributed by atoms with Crippen LogP contribution in [0.2, 0.25) is 0 Å². The van der Waals surface area contributed by atoms with Crippen molar-refractivity contribution in [2.24, 2.45) is 0 Å². The van der Waals surface area contributed by atoms with Crippen molar-refractivity contribution in [3.05, 3.63) is 12.2 Å². The molecule has 0 aromatic rings. The monoisotopic (exact) mass is 136 g/mol. The van der Waals surface area contributed by atoms with Crippen LogP contribution in [0.4, 0.5) is 0 Å². The van der Waals surface area contributed by atoms with Crippen LogP contribution in [-0.2, 0) is 9.59 Å². The summed E-state index contributed by atoms with van der Waals surface area (Å²) >= 11 is 0. The van der Waals surface area contributed by atoms with Crippen LogP contribution < -0.4 is 29.1 Å². The van der Waals surface area contributed by atoms with Gasteiger partial charge in [0.25, 0.3) is 0 Å². The number of carbonyl (C=O) groups is 2. The molecule has 0 spiro atoms. The molecule has 0 aliphatic rings. The number of carboxylic acid groups (broad SMARTS) is 2. The second kappa shape index (κ2) is 5.09. The van der Waals surface area contributed by atoms with Gasteiger partial charge in [0.1, 0.15) is 0 Å². The molecule has 0 N–H and O–H groups in total. The van der Waals surface area contributed by atoms with E-state index in [1.54, 1.807) is 0 Å². The Labute approximate surface area is 71.2 Å².